The number of nitrogen functional groups attached to an aromatic ring is 1. The zero-order valence-electron chi connectivity index (χ0n) is 9.76. The minimum Gasteiger partial charge on any atom is -0.395 e. The van der Waals surface area contributed by atoms with Crippen LogP contribution in [0.25, 0.3) is 0 Å². The van der Waals surface area contributed by atoms with Crippen LogP contribution in [0.5, 0.6) is 0 Å². The van der Waals surface area contributed by atoms with Crippen molar-refractivity contribution in [3.8, 4) is 0 Å². The number of sulfonamides is 1. The van der Waals surface area contributed by atoms with Gasteiger partial charge in [-0.15, -0.1) is 0 Å². The van der Waals surface area contributed by atoms with Crippen molar-refractivity contribution in [3.05, 3.63) is 24.0 Å². The van der Waals surface area contributed by atoms with Gasteiger partial charge in [0.1, 0.15) is 10.7 Å². The molecule has 1 rings (SSSR count). The Balaban J connectivity index is 2.84. The van der Waals surface area contributed by atoms with Crippen LogP contribution in [0.3, 0.4) is 0 Å². The van der Waals surface area contributed by atoms with Gasteiger partial charge < -0.3 is 15.6 Å². The number of halogens is 1. The van der Waals surface area contributed by atoms with Crippen LogP contribution < -0.4 is 10.5 Å². The number of nitrogens with one attached hydrogen (secondary N) is 1. The maximum atomic E-state index is 13.1. The summed E-state index contributed by atoms with van der Waals surface area (Å²) < 4.78 is 43.5. The van der Waals surface area contributed by atoms with Crippen molar-refractivity contribution < 1.29 is 22.7 Å². The molecular formula is C10H15FN2O4S. The molecule has 102 valence electrons. The average molecular weight is 278 g/mol. The fraction of sp³-hybridized carbons (Fsp3) is 0.400. The molecule has 0 saturated carbocycles. The van der Waals surface area contributed by atoms with Crippen LogP contribution in [-0.4, -0.2) is 39.9 Å². The first kappa shape index (κ1) is 14.8. The van der Waals surface area contributed by atoms with Gasteiger partial charge in [-0.1, -0.05) is 6.07 Å². The number of para-hydroxylation sites is 1. The minimum atomic E-state index is -3.96. The molecular weight excluding hydrogens is 263 g/mol. The first-order valence-corrected chi connectivity index (χ1v) is 6.57. The molecule has 0 bridgehead atoms. The molecule has 0 aliphatic carbocycles. The summed E-state index contributed by atoms with van der Waals surface area (Å²) in [6.07, 6.45) is -0.987. The first-order chi connectivity index (χ1) is 8.38. The average Bonchev–Trinajstić information content (AvgIpc) is 2.30. The Morgan fingerprint density at radius 2 is 2.22 bits per heavy atom. The van der Waals surface area contributed by atoms with E-state index in [0.29, 0.717) is 0 Å². The summed E-state index contributed by atoms with van der Waals surface area (Å²) in [7, 11) is -2.58. The maximum Gasteiger partial charge on any atom is 0.242 e. The minimum absolute atomic E-state index is 0.0127. The highest BCUT2D eigenvalue weighted by Gasteiger charge is 2.20. The lowest BCUT2D eigenvalue weighted by Crippen LogP contribution is -2.34. The highest BCUT2D eigenvalue weighted by molar-refractivity contribution is 7.89. The Bertz CT molecular complexity index is 507. The van der Waals surface area contributed by atoms with E-state index in [4.69, 9.17) is 5.73 Å². The van der Waals surface area contributed by atoms with E-state index in [0.717, 1.165) is 6.07 Å². The van der Waals surface area contributed by atoms with Gasteiger partial charge in [0.2, 0.25) is 10.0 Å². The third-order valence-corrected chi connectivity index (χ3v) is 3.65. The van der Waals surface area contributed by atoms with Crippen LogP contribution in [0.1, 0.15) is 0 Å². The molecule has 0 amide bonds. The van der Waals surface area contributed by atoms with Gasteiger partial charge in [-0.05, 0) is 12.1 Å². The molecule has 18 heavy (non-hydrogen) atoms. The predicted molar refractivity (Wildman–Crippen MR) is 63.9 cm³/mol. The molecule has 1 unspecified atom stereocenters. The molecule has 0 radical (unpaired) electrons. The topological polar surface area (TPSA) is 102 Å². The highest BCUT2D eigenvalue weighted by Crippen LogP contribution is 2.20. The van der Waals surface area contributed by atoms with Gasteiger partial charge >= 0.3 is 0 Å². The Kier molecular flexibility index (Phi) is 5.03. The molecule has 6 nitrogen and oxygen atoms in total. The third-order valence-electron chi connectivity index (χ3n) is 2.17. The Hall–Kier alpha value is -1.22. The number of hydrogen-bond donors (Lipinski definition) is 3. The Morgan fingerprint density at radius 3 is 2.83 bits per heavy atom. The summed E-state index contributed by atoms with van der Waals surface area (Å²) in [5.41, 5.74) is 4.90. The van der Waals surface area contributed by atoms with Gasteiger partial charge in [-0.2, -0.15) is 0 Å². The van der Waals surface area contributed by atoms with Crippen LogP contribution in [0.15, 0.2) is 23.1 Å². The van der Waals surface area contributed by atoms with E-state index >= 15 is 0 Å². The number of hydrogen-bond acceptors (Lipinski definition) is 5. The van der Waals surface area contributed by atoms with Crippen molar-refractivity contribution in [1.82, 2.24) is 4.72 Å². The van der Waals surface area contributed by atoms with Crippen LogP contribution in [-0.2, 0) is 14.8 Å². The van der Waals surface area contributed by atoms with E-state index in [9.17, 15) is 17.9 Å². The Morgan fingerprint density at radius 1 is 1.56 bits per heavy atom. The lowest BCUT2D eigenvalue weighted by molar-refractivity contribution is 0.0679. The summed E-state index contributed by atoms with van der Waals surface area (Å²) in [6.45, 7) is -0.257. The molecule has 0 aromatic heterocycles. The predicted octanol–water partition coefficient (Wildman–Crippen LogP) is -0.306. The molecule has 0 fully saturated rings. The fourth-order valence-corrected chi connectivity index (χ4v) is 2.50. The SMILES string of the molecule is COCC(O)CNS(=O)(=O)c1cccc(F)c1N. The van der Waals surface area contributed by atoms with E-state index in [1.165, 1.54) is 19.2 Å². The number of nitrogens with two attached hydrogens (primary N) is 1. The van der Waals surface area contributed by atoms with Gasteiger partial charge in [0.25, 0.3) is 0 Å². The summed E-state index contributed by atoms with van der Waals surface area (Å²) in [4.78, 5) is -0.355. The monoisotopic (exact) mass is 278 g/mol. The summed E-state index contributed by atoms with van der Waals surface area (Å²) in [5, 5.41) is 9.33. The molecule has 0 aliphatic heterocycles. The van der Waals surface area contributed by atoms with Gasteiger partial charge in [-0.25, -0.2) is 17.5 Å². The second-order valence-corrected chi connectivity index (χ2v) is 5.35. The summed E-state index contributed by atoms with van der Waals surface area (Å²) >= 11 is 0. The van der Waals surface area contributed by atoms with E-state index in [1.54, 1.807) is 0 Å². The molecule has 0 spiro atoms. The van der Waals surface area contributed by atoms with Crippen LogP contribution in [0, 0.1) is 5.82 Å². The standard InChI is InChI=1S/C10H15FN2O4S/c1-17-6-7(14)5-13-18(15,16)9-4-2-3-8(11)10(9)12/h2-4,7,13-14H,5-6,12H2,1H3. The highest BCUT2D eigenvalue weighted by atomic mass is 32.2. The number of ether oxygens (including phenoxy) is 1. The van der Waals surface area contributed by atoms with E-state index in [2.05, 4.69) is 9.46 Å². The molecule has 1 atom stereocenters. The second-order valence-electron chi connectivity index (χ2n) is 3.61. The zero-order chi connectivity index (χ0) is 13.8. The largest absolute Gasteiger partial charge is 0.395 e. The lowest BCUT2D eigenvalue weighted by atomic mass is 10.3. The van der Waals surface area contributed by atoms with Gasteiger partial charge in [0, 0.05) is 13.7 Å². The van der Waals surface area contributed by atoms with Gasteiger partial charge in [0.15, 0.2) is 0 Å². The number of methoxy groups -OCH3 is 1. The van der Waals surface area contributed by atoms with E-state index in [1.807, 2.05) is 0 Å². The van der Waals surface area contributed by atoms with Gasteiger partial charge in [0.05, 0.1) is 18.4 Å². The Labute approximate surface area is 105 Å². The lowest BCUT2D eigenvalue weighted by Gasteiger charge is -2.12. The number of benzene rings is 1. The molecule has 1 aromatic carbocycles. The smallest absolute Gasteiger partial charge is 0.242 e. The normalized spacial score (nSPS) is 13.5. The van der Waals surface area contributed by atoms with Crippen molar-refractivity contribution in [2.75, 3.05) is 26.0 Å². The third kappa shape index (κ3) is 3.64. The van der Waals surface area contributed by atoms with E-state index in [-0.39, 0.29) is 18.0 Å². The number of rotatable bonds is 6. The zero-order valence-corrected chi connectivity index (χ0v) is 10.6. The van der Waals surface area contributed by atoms with Crippen molar-refractivity contribution in [2.24, 2.45) is 0 Å². The molecule has 0 heterocycles. The second kappa shape index (κ2) is 6.10. The molecule has 8 heteroatoms. The number of aliphatic hydroxyl groups excluding tert-OH is 1. The van der Waals surface area contributed by atoms with Crippen molar-refractivity contribution in [3.63, 3.8) is 0 Å². The molecule has 0 aliphatic rings. The summed E-state index contributed by atoms with van der Waals surface area (Å²) in [5.74, 6) is -0.810. The fourth-order valence-electron chi connectivity index (χ4n) is 1.29. The van der Waals surface area contributed by atoms with Crippen LogP contribution >= 0.6 is 0 Å². The number of anilines is 1. The van der Waals surface area contributed by atoms with Crippen molar-refractivity contribution in [1.29, 1.82) is 0 Å². The van der Waals surface area contributed by atoms with Crippen LogP contribution in [0.4, 0.5) is 10.1 Å². The van der Waals surface area contributed by atoms with E-state index < -0.39 is 27.6 Å². The quantitative estimate of drug-likeness (QED) is 0.620. The van der Waals surface area contributed by atoms with Gasteiger partial charge in [-0.3, -0.25) is 0 Å². The molecule has 1 aromatic rings. The van der Waals surface area contributed by atoms with Crippen molar-refractivity contribution in [2.45, 2.75) is 11.0 Å². The van der Waals surface area contributed by atoms with Crippen molar-refractivity contribution >= 4 is 15.7 Å². The number of aliphatic hydroxyl groups is 1. The molecule has 4 N–H and O–H groups in total. The van der Waals surface area contributed by atoms with Crippen LogP contribution in [0.2, 0.25) is 0 Å². The first-order valence-electron chi connectivity index (χ1n) is 5.09. The maximum absolute atomic E-state index is 13.1. The molecule has 0 saturated heterocycles. The summed E-state index contributed by atoms with van der Waals surface area (Å²) in [6, 6.07) is 3.49.